The second-order valence-corrected chi connectivity index (χ2v) is 7.46. The lowest BCUT2D eigenvalue weighted by Gasteiger charge is -2.34. The molecule has 0 unspecified atom stereocenters. The van der Waals surface area contributed by atoms with Crippen LogP contribution in [0, 0.1) is 5.82 Å². The van der Waals surface area contributed by atoms with Gasteiger partial charge in [-0.25, -0.2) is 4.39 Å². The molecule has 1 aliphatic rings. The average molecular weight is 416 g/mol. The molecule has 1 N–H and O–H groups in total. The quantitative estimate of drug-likeness (QED) is 0.681. The van der Waals surface area contributed by atoms with Crippen LogP contribution in [0.1, 0.15) is 11.1 Å². The molecule has 2 aromatic carbocycles. The molecule has 1 saturated heterocycles. The maximum absolute atomic E-state index is 12.9. The summed E-state index contributed by atoms with van der Waals surface area (Å²) < 4.78 is 23.7. The molecule has 0 spiro atoms. The van der Waals surface area contributed by atoms with Crippen LogP contribution in [0.2, 0.25) is 0 Å². The van der Waals surface area contributed by atoms with Gasteiger partial charge in [0, 0.05) is 44.8 Å². The zero-order valence-electron chi connectivity index (χ0n) is 17.7. The molecule has 0 atom stereocenters. The van der Waals surface area contributed by atoms with Gasteiger partial charge in [0.05, 0.1) is 20.8 Å². The summed E-state index contributed by atoms with van der Waals surface area (Å²) in [5, 5.41) is 2.95. The lowest BCUT2D eigenvalue weighted by Crippen LogP contribution is -2.49. The van der Waals surface area contributed by atoms with Gasteiger partial charge in [0.2, 0.25) is 5.91 Å². The monoisotopic (exact) mass is 415 g/mol. The number of carbonyl (C=O) groups excluding carboxylic acids is 1. The minimum atomic E-state index is -0.244. The van der Waals surface area contributed by atoms with E-state index >= 15 is 0 Å². The molecule has 0 radical (unpaired) electrons. The van der Waals surface area contributed by atoms with E-state index in [-0.39, 0.29) is 11.7 Å². The molecule has 0 aliphatic carbocycles. The van der Waals surface area contributed by atoms with E-state index in [1.807, 2.05) is 18.2 Å². The molecule has 0 saturated carbocycles. The van der Waals surface area contributed by atoms with Gasteiger partial charge < -0.3 is 14.8 Å². The third-order valence-corrected chi connectivity index (χ3v) is 5.36. The van der Waals surface area contributed by atoms with Gasteiger partial charge in [0.25, 0.3) is 0 Å². The van der Waals surface area contributed by atoms with Crippen LogP contribution < -0.4 is 14.8 Å². The maximum atomic E-state index is 12.9. The summed E-state index contributed by atoms with van der Waals surface area (Å²) in [6.45, 7) is 5.22. The summed E-state index contributed by atoms with van der Waals surface area (Å²) in [6, 6.07) is 12.2. The highest BCUT2D eigenvalue weighted by Crippen LogP contribution is 2.25. The number of carbonyl (C=O) groups is 1. The van der Waals surface area contributed by atoms with Gasteiger partial charge in [-0.2, -0.15) is 0 Å². The summed E-state index contributed by atoms with van der Waals surface area (Å²) in [6.07, 6.45) is 0.697. The highest BCUT2D eigenvalue weighted by molar-refractivity contribution is 5.78. The van der Waals surface area contributed by atoms with Crippen molar-refractivity contribution in [3.05, 3.63) is 59.4 Å². The van der Waals surface area contributed by atoms with E-state index in [1.54, 1.807) is 26.4 Å². The number of hydrogen-bond acceptors (Lipinski definition) is 5. The average Bonchev–Trinajstić information content (AvgIpc) is 2.76. The first-order chi connectivity index (χ1) is 14.6. The van der Waals surface area contributed by atoms with Crippen LogP contribution in [0.3, 0.4) is 0 Å². The zero-order valence-corrected chi connectivity index (χ0v) is 17.7. The number of rotatable bonds is 9. The van der Waals surface area contributed by atoms with E-state index in [0.29, 0.717) is 19.5 Å². The summed E-state index contributed by atoms with van der Waals surface area (Å²) in [5.74, 6) is 1.47. The summed E-state index contributed by atoms with van der Waals surface area (Å²) in [7, 11) is 3.34. The Hall–Kier alpha value is -2.64. The maximum Gasteiger partial charge on any atom is 0.234 e. The highest BCUT2D eigenvalue weighted by Gasteiger charge is 2.20. The molecule has 1 amide bonds. The molecule has 2 aromatic rings. The molecule has 7 heteroatoms. The van der Waals surface area contributed by atoms with Gasteiger partial charge in [-0.1, -0.05) is 12.1 Å². The smallest absolute Gasteiger partial charge is 0.234 e. The van der Waals surface area contributed by atoms with Crippen molar-refractivity contribution in [3.8, 4) is 11.5 Å². The second kappa shape index (κ2) is 10.9. The van der Waals surface area contributed by atoms with Crippen molar-refractivity contribution in [1.82, 2.24) is 15.1 Å². The first-order valence-corrected chi connectivity index (χ1v) is 10.2. The van der Waals surface area contributed by atoms with E-state index in [2.05, 4.69) is 15.1 Å². The topological polar surface area (TPSA) is 54.0 Å². The van der Waals surface area contributed by atoms with Crippen LogP contribution in [0.4, 0.5) is 4.39 Å². The number of methoxy groups -OCH3 is 2. The predicted octanol–water partition coefficient (Wildman–Crippen LogP) is 2.32. The largest absolute Gasteiger partial charge is 0.497 e. The minimum Gasteiger partial charge on any atom is -0.497 e. The Morgan fingerprint density at radius 2 is 1.70 bits per heavy atom. The standard InChI is InChI=1S/C23H30FN3O3/c1-29-21-7-8-22(30-2)19(15-21)16-26-11-13-27(14-12-26)17-23(28)25-10-9-18-3-5-20(24)6-4-18/h3-8,15H,9-14,16-17H2,1-2H3,(H,25,28). The van der Waals surface area contributed by atoms with Gasteiger partial charge >= 0.3 is 0 Å². The van der Waals surface area contributed by atoms with Gasteiger partial charge in [-0.3, -0.25) is 14.6 Å². The Labute approximate surface area is 177 Å². The van der Waals surface area contributed by atoms with Gasteiger partial charge in [0.15, 0.2) is 0 Å². The number of amides is 1. The van der Waals surface area contributed by atoms with E-state index in [9.17, 15) is 9.18 Å². The van der Waals surface area contributed by atoms with Crippen molar-refractivity contribution in [1.29, 1.82) is 0 Å². The molecule has 1 aliphatic heterocycles. The minimum absolute atomic E-state index is 0.0278. The predicted molar refractivity (Wildman–Crippen MR) is 114 cm³/mol. The number of nitrogens with zero attached hydrogens (tertiary/aromatic N) is 2. The fourth-order valence-corrected chi connectivity index (χ4v) is 3.61. The lowest BCUT2D eigenvalue weighted by atomic mass is 10.1. The summed E-state index contributed by atoms with van der Waals surface area (Å²) >= 11 is 0. The molecule has 0 bridgehead atoms. The van der Waals surface area contributed by atoms with Gasteiger partial charge in [-0.05, 0) is 42.3 Å². The van der Waals surface area contributed by atoms with Crippen molar-refractivity contribution in [2.45, 2.75) is 13.0 Å². The SMILES string of the molecule is COc1ccc(OC)c(CN2CCN(CC(=O)NCCc3ccc(F)cc3)CC2)c1. The van der Waals surface area contributed by atoms with Crippen LogP contribution in [-0.4, -0.2) is 69.2 Å². The Bertz CT molecular complexity index is 821. The molecule has 0 aromatic heterocycles. The Morgan fingerprint density at radius 1 is 1.00 bits per heavy atom. The number of halogens is 1. The van der Waals surface area contributed by atoms with Crippen molar-refractivity contribution in [2.24, 2.45) is 0 Å². The fourth-order valence-electron chi connectivity index (χ4n) is 3.61. The van der Waals surface area contributed by atoms with Gasteiger partial charge in [-0.15, -0.1) is 0 Å². The molecule has 162 valence electrons. The van der Waals surface area contributed by atoms with Crippen molar-refractivity contribution in [3.63, 3.8) is 0 Å². The van der Waals surface area contributed by atoms with Crippen molar-refractivity contribution < 1.29 is 18.7 Å². The normalized spacial score (nSPS) is 15.0. The van der Waals surface area contributed by atoms with Crippen molar-refractivity contribution >= 4 is 5.91 Å². The summed E-state index contributed by atoms with van der Waals surface area (Å²) in [5.41, 5.74) is 2.11. The number of piperazine rings is 1. The molecule has 1 fully saturated rings. The fraction of sp³-hybridized carbons (Fsp3) is 0.435. The van der Waals surface area contributed by atoms with Crippen LogP contribution in [-0.2, 0) is 17.8 Å². The van der Waals surface area contributed by atoms with E-state index in [1.165, 1.54) is 12.1 Å². The number of benzene rings is 2. The van der Waals surface area contributed by atoms with Gasteiger partial charge in [0.1, 0.15) is 17.3 Å². The highest BCUT2D eigenvalue weighted by atomic mass is 19.1. The van der Waals surface area contributed by atoms with Crippen LogP contribution in [0.5, 0.6) is 11.5 Å². The first kappa shape index (κ1) is 22.1. The van der Waals surface area contributed by atoms with Crippen LogP contribution in [0.25, 0.3) is 0 Å². The van der Waals surface area contributed by atoms with E-state index in [4.69, 9.17) is 9.47 Å². The molecule has 6 nitrogen and oxygen atoms in total. The number of ether oxygens (including phenoxy) is 2. The Morgan fingerprint density at radius 3 is 2.37 bits per heavy atom. The molecule has 1 heterocycles. The third-order valence-electron chi connectivity index (χ3n) is 5.36. The van der Waals surface area contributed by atoms with E-state index < -0.39 is 0 Å². The van der Waals surface area contributed by atoms with Crippen LogP contribution in [0.15, 0.2) is 42.5 Å². The Kier molecular flexibility index (Phi) is 8.04. The molecular weight excluding hydrogens is 385 g/mol. The second-order valence-electron chi connectivity index (χ2n) is 7.46. The molecule has 30 heavy (non-hydrogen) atoms. The summed E-state index contributed by atoms with van der Waals surface area (Å²) in [4.78, 5) is 16.8. The van der Waals surface area contributed by atoms with Crippen LogP contribution >= 0.6 is 0 Å². The molecular formula is C23H30FN3O3. The number of hydrogen-bond donors (Lipinski definition) is 1. The number of nitrogens with one attached hydrogen (secondary N) is 1. The van der Waals surface area contributed by atoms with Crippen molar-refractivity contribution in [2.75, 3.05) is 53.5 Å². The Balaban J connectivity index is 1.39. The van der Waals surface area contributed by atoms with E-state index in [0.717, 1.165) is 55.3 Å². The first-order valence-electron chi connectivity index (χ1n) is 10.2. The third kappa shape index (κ3) is 6.43. The molecule has 3 rings (SSSR count). The lowest BCUT2D eigenvalue weighted by molar-refractivity contribution is -0.122. The zero-order chi connectivity index (χ0) is 21.3.